The lowest BCUT2D eigenvalue weighted by Gasteiger charge is -2.14. The number of aliphatic carboxylic acids is 1. The standard InChI is InChI=1S/C17H20FNO4S/c1-3-4-7-12(17(21)22)19-16(20)15-10(9-23-2)14-11(18)6-5-8-13(14)24-15/h5-6,8,12H,3-4,7,9H2,1-2H3,(H,19,20)(H,21,22)/t12-/m0/s1. The number of benzene rings is 1. The molecule has 0 spiro atoms. The van der Waals surface area contributed by atoms with Crippen molar-refractivity contribution in [3.05, 3.63) is 34.5 Å². The third kappa shape index (κ3) is 3.91. The van der Waals surface area contributed by atoms with Crippen LogP contribution in [0.15, 0.2) is 18.2 Å². The van der Waals surface area contributed by atoms with Crippen molar-refractivity contribution >= 4 is 33.3 Å². The fourth-order valence-electron chi connectivity index (χ4n) is 2.52. The summed E-state index contributed by atoms with van der Waals surface area (Å²) in [6.07, 6.45) is 1.89. The Morgan fingerprint density at radius 2 is 2.17 bits per heavy atom. The first-order valence-corrected chi connectivity index (χ1v) is 8.53. The van der Waals surface area contributed by atoms with Gasteiger partial charge in [0, 0.05) is 22.8 Å². The monoisotopic (exact) mass is 353 g/mol. The number of nitrogens with one attached hydrogen (secondary N) is 1. The second kappa shape index (κ2) is 8.21. The van der Waals surface area contributed by atoms with E-state index in [0.717, 1.165) is 17.8 Å². The second-order valence-electron chi connectivity index (χ2n) is 5.46. The van der Waals surface area contributed by atoms with Crippen LogP contribution in [0.4, 0.5) is 4.39 Å². The van der Waals surface area contributed by atoms with Gasteiger partial charge in [0.05, 0.1) is 11.5 Å². The number of hydrogen-bond acceptors (Lipinski definition) is 4. The molecule has 2 N–H and O–H groups in total. The summed E-state index contributed by atoms with van der Waals surface area (Å²) in [7, 11) is 1.47. The normalized spacial score (nSPS) is 12.3. The Morgan fingerprint density at radius 1 is 1.42 bits per heavy atom. The quantitative estimate of drug-likeness (QED) is 0.761. The van der Waals surface area contributed by atoms with Crippen molar-refractivity contribution in [3.63, 3.8) is 0 Å². The number of carboxylic acid groups (broad SMARTS) is 1. The topological polar surface area (TPSA) is 75.6 Å². The molecule has 1 amide bonds. The van der Waals surface area contributed by atoms with Gasteiger partial charge in [-0.3, -0.25) is 4.79 Å². The summed E-state index contributed by atoms with van der Waals surface area (Å²) in [6.45, 7) is 2.03. The highest BCUT2D eigenvalue weighted by Crippen LogP contribution is 2.33. The van der Waals surface area contributed by atoms with Crippen LogP contribution in [-0.2, 0) is 16.1 Å². The minimum absolute atomic E-state index is 0.0797. The summed E-state index contributed by atoms with van der Waals surface area (Å²) in [6, 6.07) is 3.68. The highest BCUT2D eigenvalue weighted by Gasteiger charge is 2.25. The van der Waals surface area contributed by atoms with E-state index in [2.05, 4.69) is 5.32 Å². The fraction of sp³-hybridized carbons (Fsp3) is 0.412. The zero-order valence-electron chi connectivity index (χ0n) is 13.6. The molecule has 0 aliphatic carbocycles. The van der Waals surface area contributed by atoms with Gasteiger partial charge >= 0.3 is 5.97 Å². The third-order valence-electron chi connectivity index (χ3n) is 3.71. The smallest absolute Gasteiger partial charge is 0.326 e. The van der Waals surface area contributed by atoms with Crippen LogP contribution < -0.4 is 5.32 Å². The summed E-state index contributed by atoms with van der Waals surface area (Å²) in [5.74, 6) is -2.00. The fourth-order valence-corrected chi connectivity index (χ4v) is 3.65. The third-order valence-corrected chi connectivity index (χ3v) is 4.90. The summed E-state index contributed by atoms with van der Waals surface area (Å²) >= 11 is 1.14. The van der Waals surface area contributed by atoms with Crippen LogP contribution in [-0.4, -0.2) is 30.1 Å². The molecule has 1 atom stereocenters. The SMILES string of the molecule is CCCC[C@H](NC(=O)c1sc2cccc(F)c2c1COC)C(=O)O. The molecule has 2 aromatic rings. The molecule has 130 valence electrons. The maximum atomic E-state index is 14.1. The number of hydrogen-bond donors (Lipinski definition) is 2. The van der Waals surface area contributed by atoms with E-state index in [1.54, 1.807) is 12.1 Å². The Labute approximate surface area is 143 Å². The number of unbranched alkanes of at least 4 members (excludes halogenated alkanes) is 1. The van der Waals surface area contributed by atoms with Crippen LogP contribution in [0.5, 0.6) is 0 Å². The predicted molar refractivity (Wildman–Crippen MR) is 90.9 cm³/mol. The van der Waals surface area contributed by atoms with Gasteiger partial charge in [-0.2, -0.15) is 0 Å². The average molecular weight is 353 g/mol. The molecular formula is C17H20FNO4S. The number of thiophene rings is 1. The molecule has 0 unspecified atom stereocenters. The van der Waals surface area contributed by atoms with E-state index in [1.165, 1.54) is 13.2 Å². The molecule has 0 saturated carbocycles. The Morgan fingerprint density at radius 3 is 2.79 bits per heavy atom. The van der Waals surface area contributed by atoms with Gasteiger partial charge in [-0.05, 0) is 18.6 Å². The minimum Gasteiger partial charge on any atom is -0.480 e. The van der Waals surface area contributed by atoms with E-state index in [4.69, 9.17) is 4.74 Å². The number of carboxylic acids is 1. The molecule has 0 aliphatic heterocycles. The predicted octanol–water partition coefficient (Wildman–Crippen LogP) is 3.56. The molecule has 0 aliphatic rings. The van der Waals surface area contributed by atoms with Gasteiger partial charge in [0.2, 0.25) is 0 Å². The van der Waals surface area contributed by atoms with E-state index in [1.807, 2.05) is 6.92 Å². The maximum Gasteiger partial charge on any atom is 0.326 e. The first kappa shape index (κ1) is 18.4. The highest BCUT2D eigenvalue weighted by atomic mass is 32.1. The minimum atomic E-state index is -1.07. The summed E-state index contributed by atoms with van der Waals surface area (Å²) in [5.41, 5.74) is 0.452. The lowest BCUT2D eigenvalue weighted by molar-refractivity contribution is -0.139. The first-order valence-electron chi connectivity index (χ1n) is 7.72. The molecule has 5 nitrogen and oxygen atoms in total. The van der Waals surface area contributed by atoms with Crippen LogP contribution in [0.3, 0.4) is 0 Å². The summed E-state index contributed by atoms with van der Waals surface area (Å²) < 4.78 is 19.9. The van der Waals surface area contributed by atoms with Crippen molar-refractivity contribution in [2.24, 2.45) is 0 Å². The molecule has 0 bridgehead atoms. The molecule has 0 saturated heterocycles. The van der Waals surface area contributed by atoms with Gasteiger partial charge in [0.25, 0.3) is 5.91 Å². The first-order chi connectivity index (χ1) is 11.5. The maximum absolute atomic E-state index is 14.1. The van der Waals surface area contributed by atoms with Crippen molar-refractivity contribution in [2.75, 3.05) is 7.11 Å². The number of ether oxygens (including phenoxy) is 1. The van der Waals surface area contributed by atoms with Gasteiger partial charge in [-0.25, -0.2) is 9.18 Å². The zero-order chi connectivity index (χ0) is 17.7. The van der Waals surface area contributed by atoms with Crippen molar-refractivity contribution in [1.29, 1.82) is 0 Å². The molecular weight excluding hydrogens is 333 g/mol. The highest BCUT2D eigenvalue weighted by molar-refractivity contribution is 7.21. The lowest BCUT2D eigenvalue weighted by Crippen LogP contribution is -2.40. The number of halogens is 1. The van der Waals surface area contributed by atoms with Crippen LogP contribution in [0.1, 0.15) is 41.4 Å². The van der Waals surface area contributed by atoms with Crippen LogP contribution in [0, 0.1) is 5.82 Å². The van der Waals surface area contributed by atoms with E-state index >= 15 is 0 Å². The van der Waals surface area contributed by atoms with Crippen LogP contribution >= 0.6 is 11.3 Å². The van der Waals surface area contributed by atoms with E-state index < -0.39 is 23.7 Å². The molecule has 1 heterocycles. The number of amides is 1. The van der Waals surface area contributed by atoms with Gasteiger partial charge in [0.15, 0.2) is 0 Å². The van der Waals surface area contributed by atoms with Gasteiger partial charge in [0.1, 0.15) is 11.9 Å². The van der Waals surface area contributed by atoms with Crippen LogP contribution in [0.25, 0.3) is 10.1 Å². The van der Waals surface area contributed by atoms with Gasteiger partial charge < -0.3 is 15.2 Å². The molecule has 1 aromatic carbocycles. The summed E-state index contributed by atoms with van der Waals surface area (Å²) in [5, 5.41) is 12.2. The molecule has 2 rings (SSSR count). The Kier molecular flexibility index (Phi) is 6.28. The second-order valence-corrected chi connectivity index (χ2v) is 6.51. The van der Waals surface area contributed by atoms with E-state index in [9.17, 15) is 19.1 Å². The largest absolute Gasteiger partial charge is 0.480 e. The van der Waals surface area contributed by atoms with Crippen molar-refractivity contribution in [2.45, 2.75) is 38.8 Å². The van der Waals surface area contributed by atoms with E-state index in [0.29, 0.717) is 33.4 Å². The van der Waals surface area contributed by atoms with Gasteiger partial charge in [-0.15, -0.1) is 11.3 Å². The Balaban J connectivity index is 2.36. The molecule has 24 heavy (non-hydrogen) atoms. The van der Waals surface area contributed by atoms with Crippen molar-refractivity contribution in [1.82, 2.24) is 5.32 Å². The molecule has 7 heteroatoms. The number of methoxy groups -OCH3 is 1. The molecule has 0 radical (unpaired) electrons. The van der Waals surface area contributed by atoms with Gasteiger partial charge in [-0.1, -0.05) is 25.8 Å². The Hall–Kier alpha value is -1.99. The van der Waals surface area contributed by atoms with E-state index in [-0.39, 0.29) is 6.61 Å². The van der Waals surface area contributed by atoms with Crippen LogP contribution in [0.2, 0.25) is 0 Å². The number of fused-ring (bicyclic) bond motifs is 1. The molecule has 1 aromatic heterocycles. The zero-order valence-corrected chi connectivity index (χ0v) is 14.4. The van der Waals surface area contributed by atoms with Crippen molar-refractivity contribution in [3.8, 4) is 0 Å². The van der Waals surface area contributed by atoms with Crippen molar-refractivity contribution < 1.29 is 23.8 Å². The number of rotatable bonds is 8. The number of carbonyl (C=O) groups excluding carboxylic acids is 1. The summed E-state index contributed by atoms with van der Waals surface area (Å²) in [4.78, 5) is 24.2. The average Bonchev–Trinajstić information content (AvgIpc) is 2.91. The lowest BCUT2D eigenvalue weighted by atomic mass is 10.1. The number of carbonyl (C=O) groups is 2. The molecule has 0 fully saturated rings. The Bertz CT molecular complexity index is 744.